The molecule has 19 heavy (non-hydrogen) atoms. The van der Waals surface area contributed by atoms with E-state index < -0.39 is 11.9 Å². The van der Waals surface area contributed by atoms with Gasteiger partial charge in [-0.05, 0) is 24.3 Å². The molecule has 0 fully saturated rings. The first-order valence-corrected chi connectivity index (χ1v) is 5.18. The molecule has 2 aromatic rings. The number of aromatic carboxylic acids is 2. The second-order valence-corrected chi connectivity index (χ2v) is 3.34. The van der Waals surface area contributed by atoms with E-state index in [4.69, 9.17) is 10.2 Å². The molecule has 0 saturated carbocycles. The van der Waals surface area contributed by atoms with Crippen LogP contribution in [0.4, 0.5) is 0 Å². The van der Waals surface area contributed by atoms with Crippen molar-refractivity contribution in [2.75, 3.05) is 0 Å². The van der Waals surface area contributed by atoms with Crippen LogP contribution in [0.5, 0.6) is 0 Å². The molecule has 0 saturated heterocycles. The summed E-state index contributed by atoms with van der Waals surface area (Å²) in [6.45, 7) is 0. The van der Waals surface area contributed by atoms with Crippen molar-refractivity contribution in [3.8, 4) is 0 Å². The molecule has 5 heteroatoms. The van der Waals surface area contributed by atoms with E-state index in [1.54, 1.807) is 60.7 Å². The molecule has 94 valence electrons. The number of rotatable bonds is 2. The number of hydrogen-bond acceptors (Lipinski definition) is 2. The van der Waals surface area contributed by atoms with Crippen LogP contribution >= 0.6 is 0 Å². The summed E-state index contributed by atoms with van der Waals surface area (Å²) in [4.78, 5) is 20.4. The van der Waals surface area contributed by atoms with Gasteiger partial charge in [-0.3, -0.25) is 0 Å². The third-order valence-electron chi connectivity index (χ3n) is 2.04. The minimum absolute atomic E-state index is 0. The first kappa shape index (κ1) is 17.6. The Labute approximate surface area is 140 Å². The molecule has 2 aromatic carbocycles. The molecule has 2 N–H and O–H groups in total. The van der Waals surface area contributed by atoms with E-state index in [2.05, 4.69) is 0 Å². The van der Waals surface area contributed by atoms with Gasteiger partial charge in [0.15, 0.2) is 0 Å². The van der Waals surface area contributed by atoms with E-state index >= 15 is 0 Å². The van der Waals surface area contributed by atoms with Gasteiger partial charge >= 0.3 is 11.9 Å². The molecule has 0 amide bonds. The molecule has 0 atom stereocenters. The van der Waals surface area contributed by atoms with Gasteiger partial charge in [0, 0.05) is 37.7 Å². The number of carbonyl (C=O) groups is 2. The van der Waals surface area contributed by atoms with Gasteiger partial charge in [-0.25, -0.2) is 9.59 Å². The van der Waals surface area contributed by atoms with E-state index in [9.17, 15) is 9.59 Å². The molecule has 2 radical (unpaired) electrons. The van der Waals surface area contributed by atoms with E-state index in [1.807, 2.05) is 0 Å². The third kappa shape index (κ3) is 6.96. The van der Waals surface area contributed by atoms with Gasteiger partial charge in [-0.15, -0.1) is 0 Å². The smallest absolute Gasteiger partial charge is 0.335 e. The summed E-state index contributed by atoms with van der Waals surface area (Å²) in [5.41, 5.74) is 0.662. The van der Waals surface area contributed by atoms with Crippen molar-refractivity contribution < 1.29 is 19.8 Å². The van der Waals surface area contributed by atoms with Crippen LogP contribution in [0.25, 0.3) is 0 Å². The maximum Gasteiger partial charge on any atom is 0.335 e. The fourth-order valence-corrected chi connectivity index (χ4v) is 1.16. The fraction of sp³-hybridized carbons (Fsp3) is 0. The average molecular weight is 284 g/mol. The molecule has 0 aliphatic heterocycles. The van der Waals surface area contributed by atoms with Crippen LogP contribution in [0.15, 0.2) is 60.7 Å². The van der Waals surface area contributed by atoms with Crippen LogP contribution < -0.4 is 0 Å². The topological polar surface area (TPSA) is 74.6 Å². The molecular formula is C14H12CaO4. The van der Waals surface area contributed by atoms with Crippen molar-refractivity contribution in [1.82, 2.24) is 0 Å². The Balaban J connectivity index is 0.000000324. The quantitative estimate of drug-likeness (QED) is 0.830. The van der Waals surface area contributed by atoms with Crippen LogP contribution in [0.1, 0.15) is 20.7 Å². The summed E-state index contributed by atoms with van der Waals surface area (Å²) in [6, 6.07) is 16.6. The largest absolute Gasteiger partial charge is 0.478 e. The standard InChI is InChI=1S/2C7H6O2.Ca/c2*8-7(9)6-4-2-1-3-5-6;/h2*1-5H,(H,8,9);. The van der Waals surface area contributed by atoms with Gasteiger partial charge in [0.1, 0.15) is 0 Å². The van der Waals surface area contributed by atoms with Crippen molar-refractivity contribution in [1.29, 1.82) is 0 Å². The maximum absolute atomic E-state index is 10.2. The summed E-state index contributed by atoms with van der Waals surface area (Å²) in [5, 5.41) is 16.8. The Morgan fingerprint density at radius 2 is 0.895 bits per heavy atom. The molecule has 0 aromatic heterocycles. The first-order valence-electron chi connectivity index (χ1n) is 5.18. The summed E-state index contributed by atoms with van der Waals surface area (Å²) in [5.74, 6) is -1.76. The zero-order valence-corrected chi connectivity index (χ0v) is 12.4. The van der Waals surface area contributed by atoms with Crippen molar-refractivity contribution in [2.45, 2.75) is 0 Å². The zero-order valence-electron chi connectivity index (χ0n) is 10.2. The molecule has 0 heterocycles. The zero-order chi connectivity index (χ0) is 13.4. The van der Waals surface area contributed by atoms with Crippen LogP contribution in [-0.4, -0.2) is 59.9 Å². The van der Waals surface area contributed by atoms with E-state index in [-0.39, 0.29) is 37.7 Å². The summed E-state index contributed by atoms with van der Waals surface area (Å²) < 4.78 is 0. The van der Waals surface area contributed by atoms with Crippen molar-refractivity contribution in [3.63, 3.8) is 0 Å². The van der Waals surface area contributed by atoms with E-state index in [0.717, 1.165) is 0 Å². The molecule has 0 spiro atoms. The van der Waals surface area contributed by atoms with Crippen molar-refractivity contribution in [3.05, 3.63) is 71.8 Å². The van der Waals surface area contributed by atoms with E-state index in [0.29, 0.717) is 11.1 Å². The second-order valence-electron chi connectivity index (χ2n) is 3.34. The normalized spacial score (nSPS) is 8.42. The second kappa shape index (κ2) is 9.55. The first-order chi connectivity index (χ1) is 8.61. The van der Waals surface area contributed by atoms with Gasteiger partial charge in [0.2, 0.25) is 0 Å². The van der Waals surface area contributed by atoms with Crippen LogP contribution in [0.3, 0.4) is 0 Å². The number of carboxylic acids is 2. The monoisotopic (exact) mass is 284 g/mol. The molecule has 0 aliphatic carbocycles. The third-order valence-corrected chi connectivity index (χ3v) is 2.04. The van der Waals surface area contributed by atoms with E-state index in [1.165, 1.54) is 0 Å². The van der Waals surface area contributed by atoms with Crippen LogP contribution in [0, 0.1) is 0 Å². The van der Waals surface area contributed by atoms with Gasteiger partial charge in [0.25, 0.3) is 0 Å². The summed E-state index contributed by atoms with van der Waals surface area (Å²) in [6.07, 6.45) is 0. The number of hydrogen-bond donors (Lipinski definition) is 2. The Kier molecular flexibility index (Phi) is 8.87. The average Bonchev–Trinajstić information content (AvgIpc) is 2.41. The summed E-state index contributed by atoms with van der Waals surface area (Å²) >= 11 is 0. The Morgan fingerprint density at radius 3 is 1.05 bits per heavy atom. The van der Waals surface area contributed by atoms with Gasteiger partial charge < -0.3 is 10.2 Å². The Morgan fingerprint density at radius 1 is 0.632 bits per heavy atom. The Hall–Kier alpha value is -1.36. The van der Waals surface area contributed by atoms with Crippen molar-refractivity contribution >= 4 is 49.7 Å². The Bertz CT molecular complexity index is 462. The SMILES string of the molecule is O=C(O)c1ccccc1.O=C(O)c1ccccc1.[Ca]. The molecule has 0 aliphatic rings. The molecule has 2 rings (SSSR count). The number of benzene rings is 2. The molecular weight excluding hydrogens is 272 g/mol. The van der Waals surface area contributed by atoms with Gasteiger partial charge in [-0.1, -0.05) is 36.4 Å². The van der Waals surface area contributed by atoms with Gasteiger partial charge in [-0.2, -0.15) is 0 Å². The van der Waals surface area contributed by atoms with Crippen molar-refractivity contribution in [2.24, 2.45) is 0 Å². The predicted octanol–water partition coefficient (Wildman–Crippen LogP) is 2.39. The number of carboxylic acid groups (broad SMARTS) is 2. The minimum Gasteiger partial charge on any atom is -0.478 e. The minimum atomic E-state index is -0.879. The van der Waals surface area contributed by atoms with Crippen LogP contribution in [0.2, 0.25) is 0 Å². The maximum atomic E-state index is 10.2. The van der Waals surface area contributed by atoms with Crippen LogP contribution in [-0.2, 0) is 0 Å². The fourth-order valence-electron chi connectivity index (χ4n) is 1.16. The summed E-state index contributed by atoms with van der Waals surface area (Å²) in [7, 11) is 0. The molecule has 4 nitrogen and oxygen atoms in total. The molecule has 0 bridgehead atoms. The molecule has 0 unspecified atom stereocenters. The van der Waals surface area contributed by atoms with Gasteiger partial charge in [0.05, 0.1) is 11.1 Å². The predicted molar refractivity (Wildman–Crippen MR) is 72.6 cm³/mol.